The number of nitrogen functional groups attached to an aromatic ring is 2. The summed E-state index contributed by atoms with van der Waals surface area (Å²) in [6.45, 7) is 11.6. The van der Waals surface area contributed by atoms with E-state index < -0.39 is 7.60 Å². The Morgan fingerprint density at radius 3 is 2.36 bits per heavy atom. The van der Waals surface area contributed by atoms with Crippen LogP contribution in [0.4, 0.5) is 11.8 Å². The summed E-state index contributed by atoms with van der Waals surface area (Å²) in [5.74, 6) is 0.991. The molecule has 0 amide bonds. The van der Waals surface area contributed by atoms with Crippen molar-refractivity contribution < 1.29 is 18.3 Å². The van der Waals surface area contributed by atoms with Gasteiger partial charge in [0.15, 0.2) is 17.0 Å². The van der Waals surface area contributed by atoms with Crippen LogP contribution in [0.1, 0.15) is 33.5 Å². The number of aromatic nitrogens is 4. The van der Waals surface area contributed by atoms with Gasteiger partial charge in [-0.3, -0.25) is 4.57 Å². The van der Waals surface area contributed by atoms with Gasteiger partial charge in [0.2, 0.25) is 5.95 Å². The number of nitrogens with zero attached hydrogens (tertiary/aromatic N) is 4. The third-order valence-electron chi connectivity index (χ3n) is 3.50. The van der Waals surface area contributed by atoms with Crippen molar-refractivity contribution in [2.24, 2.45) is 0 Å². The molecule has 0 aromatic carbocycles. The van der Waals surface area contributed by atoms with Crippen molar-refractivity contribution in [1.29, 1.82) is 0 Å². The quantitative estimate of drug-likeness (QED) is 0.324. The summed E-state index contributed by atoms with van der Waals surface area (Å²) in [6.07, 6.45) is 1.61. The molecule has 0 fully saturated rings. The lowest BCUT2D eigenvalue weighted by Gasteiger charge is -2.22. The Kier molecular flexibility index (Phi) is 7.54. The number of allylic oxidation sites excluding steroid dienone is 1. The smallest absolute Gasteiger partial charge is 0.356 e. The molecule has 0 spiro atoms. The first-order valence-corrected chi connectivity index (χ1v) is 10.8. The predicted molar refractivity (Wildman–Crippen MR) is 109 cm³/mol. The van der Waals surface area contributed by atoms with Gasteiger partial charge < -0.3 is 29.8 Å². The molecule has 2 aromatic rings. The zero-order valence-corrected chi connectivity index (χ0v) is 17.7. The zero-order chi connectivity index (χ0) is 20.9. The number of hydrogen-bond donors (Lipinski definition) is 2. The third-order valence-corrected chi connectivity index (χ3v) is 5.48. The highest BCUT2D eigenvalue weighted by Gasteiger charge is 2.28. The van der Waals surface area contributed by atoms with Crippen LogP contribution < -0.4 is 11.5 Å². The Labute approximate surface area is 164 Å². The van der Waals surface area contributed by atoms with E-state index in [-0.39, 0.29) is 36.9 Å². The second-order valence-electron chi connectivity index (χ2n) is 6.77. The maximum Gasteiger partial charge on any atom is 0.356 e. The fourth-order valence-electron chi connectivity index (χ4n) is 2.66. The van der Waals surface area contributed by atoms with Crippen LogP contribution in [0.3, 0.4) is 0 Å². The molecule has 10 nitrogen and oxygen atoms in total. The largest absolute Gasteiger partial charge is 0.382 e. The van der Waals surface area contributed by atoms with Crippen LogP contribution in [0.2, 0.25) is 0 Å². The normalized spacial score (nSPS) is 12.4. The highest BCUT2D eigenvalue weighted by molar-refractivity contribution is 7.53. The lowest BCUT2D eigenvalue weighted by molar-refractivity contribution is 0.0959. The van der Waals surface area contributed by atoms with Gasteiger partial charge in [-0.1, -0.05) is 6.08 Å². The number of imidazole rings is 1. The fraction of sp³-hybridized carbons (Fsp3) is 0.588. The Balaban J connectivity index is 2.13. The van der Waals surface area contributed by atoms with Crippen molar-refractivity contribution >= 4 is 30.5 Å². The second-order valence-corrected chi connectivity index (χ2v) is 8.67. The molecular formula is C17H29N6O4P. The minimum atomic E-state index is -3.36. The molecule has 0 aliphatic heterocycles. The molecule has 0 radical (unpaired) electrons. The average Bonchev–Trinajstić information content (AvgIpc) is 2.88. The lowest BCUT2D eigenvalue weighted by atomic mass is 10.4. The predicted octanol–water partition coefficient (Wildman–Crippen LogP) is 2.74. The molecule has 0 unspecified atom stereocenters. The van der Waals surface area contributed by atoms with Crippen LogP contribution in [0.15, 0.2) is 12.7 Å². The van der Waals surface area contributed by atoms with Crippen molar-refractivity contribution in [3.05, 3.63) is 18.5 Å². The van der Waals surface area contributed by atoms with Crippen LogP contribution in [0.5, 0.6) is 0 Å². The van der Waals surface area contributed by atoms with Gasteiger partial charge in [0.05, 0.1) is 18.8 Å². The van der Waals surface area contributed by atoms with Crippen LogP contribution in [0.25, 0.3) is 11.2 Å². The van der Waals surface area contributed by atoms with Crippen molar-refractivity contribution in [2.75, 3.05) is 24.4 Å². The topological polar surface area (TPSA) is 140 Å². The minimum absolute atomic E-state index is 0.0670. The van der Waals surface area contributed by atoms with Crippen molar-refractivity contribution in [3.8, 4) is 0 Å². The van der Waals surface area contributed by atoms with Gasteiger partial charge in [-0.25, -0.2) is 4.98 Å². The monoisotopic (exact) mass is 412 g/mol. The first-order chi connectivity index (χ1) is 13.1. The molecule has 11 heteroatoms. The van der Waals surface area contributed by atoms with Gasteiger partial charge in [0, 0.05) is 13.0 Å². The van der Waals surface area contributed by atoms with Crippen LogP contribution in [-0.2, 0) is 31.3 Å². The molecule has 2 heterocycles. The summed E-state index contributed by atoms with van der Waals surface area (Å²) in [7, 11) is -3.36. The molecule has 4 N–H and O–H groups in total. The molecular weight excluding hydrogens is 383 g/mol. The Morgan fingerprint density at radius 1 is 1.14 bits per heavy atom. The standard InChI is InChI=1S/C17H29N6O4P/c1-6-7-13-20-14-15(18)21-17(19)22-16(14)23(13)8-9-25-10-28(24,26-11(2)3)27-12(4)5/h6,11-12H,1,7-10H2,2-5H3,(H4,18,19,21,22). The van der Waals surface area contributed by atoms with Crippen LogP contribution >= 0.6 is 7.60 Å². The van der Waals surface area contributed by atoms with Gasteiger partial charge in [-0.05, 0) is 27.7 Å². The third kappa shape index (κ3) is 5.75. The Hall–Kier alpha value is -2.00. The number of rotatable bonds is 11. The van der Waals surface area contributed by atoms with Crippen LogP contribution in [-0.4, -0.2) is 44.7 Å². The fourth-order valence-corrected chi connectivity index (χ4v) is 4.47. The molecule has 0 aliphatic carbocycles. The molecule has 2 rings (SSSR count). The zero-order valence-electron chi connectivity index (χ0n) is 16.8. The maximum atomic E-state index is 12.8. The SMILES string of the molecule is C=CCc1nc2c(N)nc(N)nc2n1CCOCP(=O)(OC(C)C)OC(C)C. The summed E-state index contributed by atoms with van der Waals surface area (Å²) in [5.41, 5.74) is 12.6. The summed E-state index contributed by atoms with van der Waals surface area (Å²) in [4.78, 5) is 12.7. The summed E-state index contributed by atoms with van der Waals surface area (Å²) in [5, 5.41) is 0. The van der Waals surface area contributed by atoms with Gasteiger partial charge in [0.25, 0.3) is 0 Å². The molecule has 28 heavy (non-hydrogen) atoms. The van der Waals surface area contributed by atoms with E-state index in [0.29, 0.717) is 30.0 Å². The highest BCUT2D eigenvalue weighted by Crippen LogP contribution is 2.50. The van der Waals surface area contributed by atoms with E-state index in [4.69, 9.17) is 25.3 Å². The molecule has 0 saturated heterocycles. The molecule has 0 atom stereocenters. The number of ether oxygens (including phenoxy) is 1. The first-order valence-electron chi connectivity index (χ1n) is 9.07. The van der Waals surface area contributed by atoms with Crippen molar-refractivity contribution in [3.63, 3.8) is 0 Å². The average molecular weight is 412 g/mol. The summed E-state index contributed by atoms with van der Waals surface area (Å²) < 4.78 is 31.2. The van der Waals surface area contributed by atoms with Gasteiger partial charge >= 0.3 is 7.60 Å². The van der Waals surface area contributed by atoms with Gasteiger partial charge in [0.1, 0.15) is 12.2 Å². The Morgan fingerprint density at radius 2 is 1.79 bits per heavy atom. The molecule has 0 bridgehead atoms. The first kappa shape index (κ1) is 22.3. The molecule has 156 valence electrons. The van der Waals surface area contributed by atoms with Gasteiger partial charge in [-0.2, -0.15) is 9.97 Å². The minimum Gasteiger partial charge on any atom is -0.382 e. The number of nitrogens with two attached hydrogens (primary N) is 2. The molecule has 2 aromatic heterocycles. The Bertz CT molecular complexity index is 853. The van der Waals surface area contributed by atoms with E-state index >= 15 is 0 Å². The van der Waals surface area contributed by atoms with Crippen molar-refractivity contribution in [1.82, 2.24) is 19.5 Å². The number of anilines is 2. The van der Waals surface area contributed by atoms with E-state index in [1.807, 2.05) is 4.57 Å². The second kappa shape index (κ2) is 9.47. The van der Waals surface area contributed by atoms with Crippen molar-refractivity contribution in [2.45, 2.75) is 52.9 Å². The lowest BCUT2D eigenvalue weighted by Crippen LogP contribution is -2.15. The number of fused-ring (bicyclic) bond motifs is 1. The van der Waals surface area contributed by atoms with Crippen LogP contribution in [0, 0.1) is 0 Å². The molecule has 0 aliphatic rings. The number of hydrogen-bond acceptors (Lipinski definition) is 9. The van der Waals surface area contributed by atoms with Gasteiger partial charge in [-0.15, -0.1) is 6.58 Å². The summed E-state index contributed by atoms with van der Waals surface area (Å²) >= 11 is 0. The van der Waals surface area contributed by atoms with E-state index in [1.165, 1.54) is 0 Å². The highest BCUT2D eigenvalue weighted by atomic mass is 31.2. The van der Waals surface area contributed by atoms with E-state index in [9.17, 15) is 4.57 Å². The van der Waals surface area contributed by atoms with E-state index in [0.717, 1.165) is 0 Å². The molecule has 0 saturated carbocycles. The summed E-state index contributed by atoms with van der Waals surface area (Å²) in [6, 6.07) is 0. The van der Waals surface area contributed by atoms with E-state index in [2.05, 4.69) is 21.5 Å². The van der Waals surface area contributed by atoms with E-state index in [1.54, 1.807) is 33.8 Å². The maximum absolute atomic E-state index is 12.8.